The van der Waals surface area contributed by atoms with E-state index in [0.717, 1.165) is 14.9 Å². The molecule has 1 atom stereocenters. The largest absolute Gasteiger partial charge is 0.480 e. The molecule has 0 saturated carbocycles. The van der Waals surface area contributed by atoms with Crippen LogP contribution in [0.1, 0.15) is 18.9 Å². The van der Waals surface area contributed by atoms with Crippen LogP contribution in [0.25, 0.3) is 0 Å². The summed E-state index contributed by atoms with van der Waals surface area (Å²) >= 11 is 4.78. The lowest BCUT2D eigenvalue weighted by Gasteiger charge is -2.12. The summed E-state index contributed by atoms with van der Waals surface area (Å²) in [5.41, 5.74) is 1.08. The summed E-state index contributed by atoms with van der Waals surface area (Å²) in [5, 5.41) is 11.4. The van der Waals surface area contributed by atoms with Crippen LogP contribution in [0.15, 0.2) is 27.6 Å². The molecular formula is C13H16BrNO3S. The Bertz CT molecular complexity index is 479. The van der Waals surface area contributed by atoms with E-state index in [1.165, 1.54) is 11.8 Å². The molecule has 0 heterocycles. The van der Waals surface area contributed by atoms with Crippen LogP contribution in [-0.4, -0.2) is 28.8 Å². The first kappa shape index (κ1) is 16.0. The van der Waals surface area contributed by atoms with Gasteiger partial charge in [-0.15, -0.1) is 11.8 Å². The van der Waals surface area contributed by atoms with Gasteiger partial charge in [-0.05, 0) is 37.1 Å². The van der Waals surface area contributed by atoms with E-state index >= 15 is 0 Å². The van der Waals surface area contributed by atoms with E-state index in [1.54, 1.807) is 6.92 Å². The molecule has 19 heavy (non-hydrogen) atoms. The molecule has 2 N–H and O–H groups in total. The van der Waals surface area contributed by atoms with Gasteiger partial charge in [-0.1, -0.05) is 22.9 Å². The minimum absolute atomic E-state index is 0.215. The summed E-state index contributed by atoms with van der Waals surface area (Å²) in [6, 6.07) is 5.02. The van der Waals surface area contributed by atoms with Crippen molar-refractivity contribution in [1.29, 1.82) is 0 Å². The smallest absolute Gasteiger partial charge is 0.326 e. The Morgan fingerprint density at radius 3 is 2.68 bits per heavy atom. The molecular weight excluding hydrogens is 330 g/mol. The maximum Gasteiger partial charge on any atom is 0.326 e. The van der Waals surface area contributed by atoms with Crippen molar-refractivity contribution in [2.75, 3.05) is 5.75 Å². The monoisotopic (exact) mass is 345 g/mol. The number of nitrogens with one attached hydrogen (secondary N) is 1. The Kier molecular flexibility index (Phi) is 6.37. The normalized spacial score (nSPS) is 11.9. The van der Waals surface area contributed by atoms with Gasteiger partial charge in [0, 0.05) is 9.37 Å². The van der Waals surface area contributed by atoms with Crippen LogP contribution < -0.4 is 5.32 Å². The second kappa shape index (κ2) is 7.55. The van der Waals surface area contributed by atoms with Crippen molar-refractivity contribution in [3.05, 3.63) is 28.2 Å². The number of benzene rings is 1. The molecule has 0 aliphatic heterocycles. The molecule has 0 bridgehead atoms. The molecule has 0 aliphatic carbocycles. The number of carboxylic acid groups (broad SMARTS) is 1. The van der Waals surface area contributed by atoms with Crippen molar-refractivity contribution in [3.63, 3.8) is 0 Å². The summed E-state index contributed by atoms with van der Waals surface area (Å²) in [4.78, 5) is 23.5. The number of hydrogen-bond acceptors (Lipinski definition) is 3. The maximum absolute atomic E-state index is 11.7. The SMILES string of the molecule is CCC(NC(=O)CSc1ccc(Br)cc1C)C(=O)O. The van der Waals surface area contributed by atoms with Crippen LogP contribution in [0, 0.1) is 6.92 Å². The lowest BCUT2D eigenvalue weighted by atomic mass is 10.2. The third-order valence-corrected chi connectivity index (χ3v) is 4.21. The fourth-order valence-electron chi connectivity index (χ4n) is 1.49. The number of carbonyl (C=O) groups is 2. The maximum atomic E-state index is 11.7. The minimum Gasteiger partial charge on any atom is -0.480 e. The molecule has 0 fully saturated rings. The van der Waals surface area contributed by atoms with Gasteiger partial charge in [0.2, 0.25) is 5.91 Å². The summed E-state index contributed by atoms with van der Waals surface area (Å²) in [6.45, 7) is 3.70. The van der Waals surface area contributed by atoms with Gasteiger partial charge in [-0.25, -0.2) is 4.79 Å². The van der Waals surface area contributed by atoms with Gasteiger partial charge in [0.1, 0.15) is 6.04 Å². The van der Waals surface area contributed by atoms with Crippen LogP contribution in [0.4, 0.5) is 0 Å². The van der Waals surface area contributed by atoms with Gasteiger partial charge >= 0.3 is 5.97 Å². The van der Waals surface area contributed by atoms with Gasteiger partial charge in [-0.2, -0.15) is 0 Å². The number of halogens is 1. The van der Waals surface area contributed by atoms with Crippen molar-refractivity contribution < 1.29 is 14.7 Å². The quantitative estimate of drug-likeness (QED) is 0.778. The Morgan fingerprint density at radius 2 is 2.16 bits per heavy atom. The van der Waals surface area contributed by atoms with E-state index < -0.39 is 12.0 Å². The van der Waals surface area contributed by atoms with Crippen molar-refractivity contribution in [2.45, 2.75) is 31.2 Å². The molecule has 6 heteroatoms. The highest BCUT2D eigenvalue weighted by molar-refractivity contribution is 9.10. The van der Waals surface area contributed by atoms with Crippen LogP contribution in [0.2, 0.25) is 0 Å². The molecule has 0 radical (unpaired) electrons. The number of rotatable bonds is 6. The van der Waals surface area contributed by atoms with E-state index in [2.05, 4.69) is 21.2 Å². The van der Waals surface area contributed by atoms with Crippen molar-refractivity contribution in [1.82, 2.24) is 5.32 Å². The fraction of sp³-hybridized carbons (Fsp3) is 0.385. The molecule has 0 spiro atoms. The molecule has 1 rings (SSSR count). The molecule has 1 amide bonds. The summed E-state index contributed by atoms with van der Waals surface area (Å²) in [6.07, 6.45) is 0.378. The molecule has 1 unspecified atom stereocenters. The van der Waals surface area contributed by atoms with Gasteiger partial charge in [0.05, 0.1) is 5.75 Å². The number of amides is 1. The lowest BCUT2D eigenvalue weighted by Crippen LogP contribution is -2.41. The van der Waals surface area contributed by atoms with Crippen LogP contribution in [-0.2, 0) is 9.59 Å². The number of hydrogen-bond donors (Lipinski definition) is 2. The topological polar surface area (TPSA) is 66.4 Å². The van der Waals surface area contributed by atoms with Crippen molar-refractivity contribution in [2.24, 2.45) is 0 Å². The van der Waals surface area contributed by atoms with Crippen molar-refractivity contribution in [3.8, 4) is 0 Å². The third kappa shape index (κ3) is 5.24. The van der Waals surface area contributed by atoms with Crippen molar-refractivity contribution >= 4 is 39.6 Å². The number of thioether (sulfide) groups is 1. The van der Waals surface area contributed by atoms with Gasteiger partial charge < -0.3 is 10.4 Å². The lowest BCUT2D eigenvalue weighted by molar-refractivity contribution is -0.141. The van der Waals surface area contributed by atoms with Gasteiger partial charge in [0.15, 0.2) is 0 Å². The zero-order valence-electron chi connectivity index (χ0n) is 10.8. The molecule has 1 aromatic carbocycles. The Hall–Kier alpha value is -1.01. The molecule has 1 aromatic rings. The molecule has 0 saturated heterocycles. The Morgan fingerprint density at radius 1 is 1.47 bits per heavy atom. The standard InChI is InChI=1S/C13H16BrNO3S/c1-3-10(13(17)18)15-12(16)7-19-11-5-4-9(14)6-8(11)2/h4-6,10H,3,7H2,1-2H3,(H,15,16)(H,17,18). The summed E-state index contributed by atoms with van der Waals surface area (Å²) < 4.78 is 0.996. The average Bonchev–Trinajstić information content (AvgIpc) is 2.34. The summed E-state index contributed by atoms with van der Waals surface area (Å²) in [5.74, 6) is -1.05. The highest BCUT2D eigenvalue weighted by atomic mass is 79.9. The fourth-order valence-corrected chi connectivity index (χ4v) is 2.79. The first-order valence-corrected chi connectivity index (χ1v) is 7.63. The van der Waals surface area contributed by atoms with E-state index in [0.29, 0.717) is 6.42 Å². The first-order chi connectivity index (χ1) is 8.93. The second-order valence-corrected chi connectivity index (χ2v) is 6.00. The highest BCUT2D eigenvalue weighted by Crippen LogP contribution is 2.25. The first-order valence-electron chi connectivity index (χ1n) is 5.85. The number of aliphatic carboxylic acids is 1. The molecule has 0 aromatic heterocycles. The molecule has 0 aliphatic rings. The summed E-state index contributed by atoms with van der Waals surface area (Å²) in [7, 11) is 0. The number of carboxylic acids is 1. The Labute approximate surface area is 125 Å². The molecule has 104 valence electrons. The predicted molar refractivity (Wildman–Crippen MR) is 79.5 cm³/mol. The minimum atomic E-state index is -0.999. The number of carbonyl (C=O) groups excluding carboxylic acids is 1. The second-order valence-electron chi connectivity index (χ2n) is 4.07. The zero-order chi connectivity index (χ0) is 14.4. The third-order valence-electron chi connectivity index (χ3n) is 2.54. The van der Waals surface area contributed by atoms with Crippen LogP contribution >= 0.6 is 27.7 Å². The van der Waals surface area contributed by atoms with Crippen LogP contribution in [0.5, 0.6) is 0 Å². The van der Waals surface area contributed by atoms with E-state index in [9.17, 15) is 9.59 Å². The van der Waals surface area contributed by atoms with E-state index in [4.69, 9.17) is 5.11 Å². The average molecular weight is 346 g/mol. The Balaban J connectivity index is 2.52. The highest BCUT2D eigenvalue weighted by Gasteiger charge is 2.17. The predicted octanol–water partition coefficient (Wildman–Crippen LogP) is 2.83. The van der Waals surface area contributed by atoms with E-state index in [1.807, 2.05) is 25.1 Å². The van der Waals surface area contributed by atoms with Gasteiger partial charge in [-0.3, -0.25) is 4.79 Å². The van der Waals surface area contributed by atoms with Crippen LogP contribution in [0.3, 0.4) is 0 Å². The molecule has 4 nitrogen and oxygen atoms in total. The zero-order valence-corrected chi connectivity index (χ0v) is 13.2. The van der Waals surface area contributed by atoms with E-state index in [-0.39, 0.29) is 11.7 Å². The van der Waals surface area contributed by atoms with Gasteiger partial charge in [0.25, 0.3) is 0 Å². The number of aryl methyl sites for hydroxylation is 1.